The highest BCUT2D eigenvalue weighted by Crippen LogP contribution is 2.40. The summed E-state index contributed by atoms with van der Waals surface area (Å²) in [6.07, 6.45) is 0.646. The van der Waals surface area contributed by atoms with E-state index in [4.69, 9.17) is 14.6 Å². The van der Waals surface area contributed by atoms with Gasteiger partial charge < -0.3 is 14.4 Å². The second-order valence-corrected chi connectivity index (χ2v) is 7.73. The molecule has 21 heavy (non-hydrogen) atoms. The lowest BCUT2D eigenvalue weighted by Crippen LogP contribution is -2.30. The quantitative estimate of drug-likeness (QED) is 0.856. The predicted octanol–water partition coefficient (Wildman–Crippen LogP) is 0.270. The fraction of sp³-hybridized carbons (Fsp3) is 0.583. The summed E-state index contributed by atoms with van der Waals surface area (Å²) in [7, 11) is -3.50. The van der Waals surface area contributed by atoms with Gasteiger partial charge in [0.25, 0.3) is 5.91 Å². The van der Waals surface area contributed by atoms with Crippen LogP contribution in [0, 0.1) is 5.92 Å². The van der Waals surface area contributed by atoms with Crippen LogP contribution in [0.3, 0.4) is 0 Å². The molecule has 1 fully saturated rings. The molecule has 7 nitrogen and oxygen atoms in total. The smallest absolute Gasteiger partial charge is 0.267 e. The van der Waals surface area contributed by atoms with E-state index in [1.807, 2.05) is 0 Å². The standard InChI is InChI=1S/C12H16N2O5S2/c13-21(16,17)7-8-1-2-14(5-8)12(15)11-10-9(6-20-11)18-3-4-19-10/h6,8H,1-5,7H2,(H2,13,16,17). The summed E-state index contributed by atoms with van der Waals surface area (Å²) in [5.41, 5.74) is 0. The van der Waals surface area contributed by atoms with E-state index < -0.39 is 10.0 Å². The zero-order valence-corrected chi connectivity index (χ0v) is 12.9. The van der Waals surface area contributed by atoms with Crippen LogP contribution in [0.15, 0.2) is 5.38 Å². The highest BCUT2D eigenvalue weighted by molar-refractivity contribution is 7.89. The fourth-order valence-electron chi connectivity index (χ4n) is 2.64. The molecule has 1 atom stereocenters. The molecule has 1 amide bonds. The molecule has 2 aliphatic heterocycles. The van der Waals surface area contributed by atoms with Gasteiger partial charge in [0.2, 0.25) is 10.0 Å². The van der Waals surface area contributed by atoms with E-state index in [2.05, 4.69) is 0 Å². The number of thiophene rings is 1. The van der Waals surface area contributed by atoms with Crippen molar-refractivity contribution in [2.24, 2.45) is 11.1 Å². The summed E-state index contributed by atoms with van der Waals surface area (Å²) in [4.78, 5) is 14.7. The average molecular weight is 332 g/mol. The van der Waals surface area contributed by atoms with Gasteiger partial charge in [-0.05, 0) is 12.3 Å². The SMILES string of the molecule is NS(=O)(=O)CC1CCN(C(=O)c2scc3c2OCCO3)C1. The Labute approximate surface area is 126 Å². The number of carbonyl (C=O) groups is 1. The van der Waals surface area contributed by atoms with Gasteiger partial charge in [-0.25, -0.2) is 13.6 Å². The van der Waals surface area contributed by atoms with Crippen molar-refractivity contribution < 1.29 is 22.7 Å². The molecule has 2 aliphatic rings. The molecule has 0 bridgehead atoms. The Morgan fingerprint density at radius 2 is 2.19 bits per heavy atom. The highest BCUT2D eigenvalue weighted by atomic mass is 32.2. The molecule has 3 heterocycles. The number of likely N-dealkylation sites (tertiary alicyclic amines) is 1. The Morgan fingerprint density at radius 3 is 2.95 bits per heavy atom. The van der Waals surface area contributed by atoms with Gasteiger partial charge in [-0.2, -0.15) is 0 Å². The number of hydrogen-bond acceptors (Lipinski definition) is 6. The molecule has 9 heteroatoms. The molecule has 0 spiro atoms. The number of nitrogens with two attached hydrogens (primary N) is 1. The van der Waals surface area contributed by atoms with Crippen LogP contribution in [-0.2, 0) is 10.0 Å². The molecule has 2 N–H and O–H groups in total. The predicted molar refractivity (Wildman–Crippen MR) is 77.3 cm³/mol. The minimum absolute atomic E-state index is 0.0844. The molecular weight excluding hydrogens is 316 g/mol. The third-order valence-corrected chi connectivity index (χ3v) is 5.40. The van der Waals surface area contributed by atoms with Crippen molar-refractivity contribution in [3.8, 4) is 11.5 Å². The van der Waals surface area contributed by atoms with Crippen molar-refractivity contribution in [3.63, 3.8) is 0 Å². The fourth-order valence-corrected chi connectivity index (χ4v) is 4.46. The number of sulfonamides is 1. The topological polar surface area (TPSA) is 98.9 Å². The molecule has 116 valence electrons. The van der Waals surface area contributed by atoms with E-state index in [1.54, 1.807) is 10.3 Å². The normalized spacial score (nSPS) is 21.6. The second-order valence-electron chi connectivity index (χ2n) is 5.19. The van der Waals surface area contributed by atoms with Gasteiger partial charge in [-0.15, -0.1) is 11.3 Å². The van der Waals surface area contributed by atoms with Crippen molar-refractivity contribution in [1.29, 1.82) is 0 Å². The maximum Gasteiger partial charge on any atom is 0.267 e. The number of fused-ring (bicyclic) bond motifs is 1. The molecule has 1 aromatic heterocycles. The van der Waals surface area contributed by atoms with Crippen LogP contribution in [0.2, 0.25) is 0 Å². The van der Waals surface area contributed by atoms with Crippen LogP contribution in [0.25, 0.3) is 0 Å². The van der Waals surface area contributed by atoms with E-state index in [-0.39, 0.29) is 17.6 Å². The molecule has 1 saturated heterocycles. The van der Waals surface area contributed by atoms with E-state index in [9.17, 15) is 13.2 Å². The zero-order chi connectivity index (χ0) is 15.0. The third kappa shape index (κ3) is 3.14. The Morgan fingerprint density at radius 1 is 1.43 bits per heavy atom. The van der Waals surface area contributed by atoms with Crippen molar-refractivity contribution in [2.45, 2.75) is 6.42 Å². The molecule has 3 rings (SSSR count). The van der Waals surface area contributed by atoms with Gasteiger partial charge in [0.15, 0.2) is 11.5 Å². The number of rotatable bonds is 3. The molecule has 1 aromatic rings. The lowest BCUT2D eigenvalue weighted by atomic mass is 10.2. The number of carbonyl (C=O) groups excluding carboxylic acids is 1. The van der Waals surface area contributed by atoms with Crippen LogP contribution in [0.5, 0.6) is 11.5 Å². The Hall–Kier alpha value is -1.32. The van der Waals surface area contributed by atoms with Crippen molar-refractivity contribution in [1.82, 2.24) is 4.90 Å². The first-order valence-electron chi connectivity index (χ1n) is 6.61. The number of nitrogens with zero attached hydrogens (tertiary/aromatic N) is 1. The van der Waals surface area contributed by atoms with Gasteiger partial charge in [0.1, 0.15) is 18.1 Å². The van der Waals surface area contributed by atoms with Crippen LogP contribution in [0.4, 0.5) is 0 Å². The van der Waals surface area contributed by atoms with Crippen LogP contribution in [-0.4, -0.2) is 51.3 Å². The lowest BCUT2D eigenvalue weighted by Gasteiger charge is -2.19. The second kappa shape index (κ2) is 5.47. The first-order valence-corrected chi connectivity index (χ1v) is 9.20. The summed E-state index contributed by atoms with van der Waals surface area (Å²) in [6, 6.07) is 0. The minimum Gasteiger partial charge on any atom is -0.485 e. The van der Waals surface area contributed by atoms with Gasteiger partial charge in [0.05, 0.1) is 5.75 Å². The first-order chi connectivity index (χ1) is 9.94. The summed E-state index contributed by atoms with van der Waals surface area (Å²) < 4.78 is 33.2. The monoisotopic (exact) mass is 332 g/mol. The summed E-state index contributed by atoms with van der Waals surface area (Å²) in [5, 5.41) is 6.82. The van der Waals surface area contributed by atoms with Gasteiger partial charge >= 0.3 is 0 Å². The van der Waals surface area contributed by atoms with E-state index in [0.717, 1.165) is 0 Å². The highest BCUT2D eigenvalue weighted by Gasteiger charge is 2.32. The molecular formula is C12H16N2O5S2. The Bertz CT molecular complexity index is 655. The van der Waals surface area contributed by atoms with Crippen LogP contribution < -0.4 is 14.6 Å². The Kier molecular flexibility index (Phi) is 3.80. The van der Waals surface area contributed by atoms with E-state index in [1.165, 1.54) is 11.3 Å². The number of hydrogen-bond donors (Lipinski definition) is 1. The summed E-state index contributed by atoms with van der Waals surface area (Å²) in [6.45, 7) is 1.85. The Balaban J connectivity index is 1.71. The van der Waals surface area contributed by atoms with Crippen LogP contribution >= 0.6 is 11.3 Å². The van der Waals surface area contributed by atoms with Crippen molar-refractivity contribution in [3.05, 3.63) is 10.3 Å². The first kappa shape index (κ1) is 14.6. The minimum atomic E-state index is -3.50. The molecule has 0 radical (unpaired) electrons. The summed E-state index contributed by atoms with van der Waals surface area (Å²) >= 11 is 1.29. The van der Waals surface area contributed by atoms with Gasteiger partial charge in [0, 0.05) is 18.5 Å². The zero-order valence-electron chi connectivity index (χ0n) is 11.3. The van der Waals surface area contributed by atoms with Crippen LogP contribution in [0.1, 0.15) is 16.1 Å². The molecule has 1 unspecified atom stereocenters. The molecule has 0 aromatic carbocycles. The van der Waals surface area contributed by atoms with E-state index in [0.29, 0.717) is 49.1 Å². The van der Waals surface area contributed by atoms with Crippen molar-refractivity contribution in [2.75, 3.05) is 32.1 Å². The summed E-state index contributed by atoms with van der Waals surface area (Å²) in [5.74, 6) is 0.792. The van der Waals surface area contributed by atoms with E-state index >= 15 is 0 Å². The number of ether oxygens (including phenoxy) is 2. The van der Waals surface area contributed by atoms with Crippen molar-refractivity contribution >= 4 is 27.3 Å². The third-order valence-electron chi connectivity index (χ3n) is 3.54. The number of primary sulfonamides is 1. The maximum atomic E-state index is 12.5. The number of amides is 1. The lowest BCUT2D eigenvalue weighted by molar-refractivity contribution is 0.0784. The maximum absolute atomic E-state index is 12.5. The van der Waals surface area contributed by atoms with Gasteiger partial charge in [-0.1, -0.05) is 0 Å². The molecule has 0 aliphatic carbocycles. The average Bonchev–Trinajstić information content (AvgIpc) is 3.02. The largest absolute Gasteiger partial charge is 0.485 e. The molecule has 0 saturated carbocycles. The van der Waals surface area contributed by atoms with Gasteiger partial charge in [-0.3, -0.25) is 4.79 Å².